The Morgan fingerprint density at radius 1 is 1.00 bits per heavy atom. The Labute approximate surface area is 141 Å². The highest BCUT2D eigenvalue weighted by atomic mass is 16.2. The van der Waals surface area contributed by atoms with Crippen LogP contribution in [0.25, 0.3) is 0 Å². The summed E-state index contributed by atoms with van der Waals surface area (Å²) in [4.78, 5) is 28.4. The topological polar surface area (TPSA) is 66.6 Å². The summed E-state index contributed by atoms with van der Waals surface area (Å²) in [5, 5.41) is 0. The maximum atomic E-state index is 12.9. The second-order valence-corrected chi connectivity index (χ2v) is 6.17. The number of carbonyl (C=O) groups excluding carboxylic acids is 2. The summed E-state index contributed by atoms with van der Waals surface area (Å²) in [6, 6.07) is 12.9. The molecule has 0 radical (unpaired) electrons. The fourth-order valence-electron chi connectivity index (χ4n) is 3.05. The molecule has 0 saturated carbocycles. The number of nitrogens with two attached hydrogens (primary N) is 1. The van der Waals surface area contributed by atoms with Gasteiger partial charge in [-0.1, -0.05) is 30.3 Å². The third-order valence-corrected chi connectivity index (χ3v) is 4.32. The smallest absolute Gasteiger partial charge is 0.331 e. The number of benzene rings is 2. The van der Waals surface area contributed by atoms with Gasteiger partial charge in [-0.2, -0.15) is 0 Å². The van der Waals surface area contributed by atoms with E-state index in [0.29, 0.717) is 30.9 Å². The number of hydrogen-bond acceptors (Lipinski definition) is 3. The van der Waals surface area contributed by atoms with Crippen LogP contribution in [0.1, 0.15) is 23.1 Å². The van der Waals surface area contributed by atoms with Crippen molar-refractivity contribution in [2.24, 2.45) is 0 Å². The lowest BCUT2D eigenvalue weighted by Gasteiger charge is -2.35. The monoisotopic (exact) mass is 323 g/mol. The van der Waals surface area contributed by atoms with Gasteiger partial charge in [0.15, 0.2) is 0 Å². The molecule has 1 aliphatic rings. The van der Waals surface area contributed by atoms with E-state index in [1.165, 1.54) is 4.90 Å². The Balaban J connectivity index is 1.89. The minimum Gasteiger partial charge on any atom is -0.399 e. The second kappa shape index (κ2) is 6.35. The van der Waals surface area contributed by atoms with Crippen molar-refractivity contribution in [2.75, 3.05) is 17.2 Å². The molecular weight excluding hydrogens is 302 g/mol. The maximum absolute atomic E-state index is 12.9. The van der Waals surface area contributed by atoms with Gasteiger partial charge in [0.05, 0.1) is 5.69 Å². The molecule has 0 aliphatic carbocycles. The number of nitrogens with zero attached hydrogens (tertiary/aromatic N) is 2. The van der Waals surface area contributed by atoms with Gasteiger partial charge in [-0.25, -0.2) is 9.69 Å². The molecule has 1 heterocycles. The molecule has 5 heteroatoms. The molecule has 0 bridgehead atoms. The van der Waals surface area contributed by atoms with Crippen molar-refractivity contribution in [3.05, 3.63) is 59.2 Å². The van der Waals surface area contributed by atoms with Crippen LogP contribution in [-0.2, 0) is 11.3 Å². The number of urea groups is 1. The van der Waals surface area contributed by atoms with Crippen LogP contribution in [0, 0.1) is 13.8 Å². The van der Waals surface area contributed by atoms with Crippen LogP contribution in [0.5, 0.6) is 0 Å². The number of amides is 3. The molecule has 0 unspecified atom stereocenters. The third kappa shape index (κ3) is 2.97. The lowest BCUT2D eigenvalue weighted by Crippen LogP contribution is -2.52. The van der Waals surface area contributed by atoms with Crippen molar-refractivity contribution in [3.63, 3.8) is 0 Å². The van der Waals surface area contributed by atoms with E-state index < -0.39 is 0 Å². The van der Waals surface area contributed by atoms with E-state index in [1.807, 2.05) is 56.3 Å². The van der Waals surface area contributed by atoms with Crippen molar-refractivity contribution < 1.29 is 9.59 Å². The predicted molar refractivity (Wildman–Crippen MR) is 94.7 cm³/mol. The van der Waals surface area contributed by atoms with Crippen molar-refractivity contribution in [1.82, 2.24) is 4.90 Å². The first kappa shape index (κ1) is 16.1. The van der Waals surface area contributed by atoms with E-state index in [2.05, 4.69) is 0 Å². The maximum Gasteiger partial charge on any atom is 0.331 e. The highest BCUT2D eigenvalue weighted by molar-refractivity contribution is 6.16. The van der Waals surface area contributed by atoms with Crippen LogP contribution in [0.15, 0.2) is 42.5 Å². The largest absolute Gasteiger partial charge is 0.399 e. The van der Waals surface area contributed by atoms with Crippen LogP contribution in [0.3, 0.4) is 0 Å². The van der Waals surface area contributed by atoms with E-state index >= 15 is 0 Å². The standard InChI is InChI=1S/C19H21N3O2/c1-13-4-3-5-14(2)18(13)22-17(23)10-11-21(19(22)24)12-15-6-8-16(20)9-7-15/h3-9H,10-12,20H2,1-2H3. The fraction of sp³-hybridized carbons (Fsp3) is 0.263. The second-order valence-electron chi connectivity index (χ2n) is 6.17. The van der Waals surface area contributed by atoms with E-state index in [0.717, 1.165) is 16.7 Å². The molecule has 5 nitrogen and oxygen atoms in total. The van der Waals surface area contributed by atoms with Crippen LogP contribution in [-0.4, -0.2) is 23.4 Å². The highest BCUT2D eigenvalue weighted by Gasteiger charge is 2.34. The van der Waals surface area contributed by atoms with Crippen LogP contribution < -0.4 is 10.6 Å². The number of rotatable bonds is 3. The number of para-hydroxylation sites is 1. The van der Waals surface area contributed by atoms with Gasteiger partial charge < -0.3 is 10.6 Å². The van der Waals surface area contributed by atoms with Gasteiger partial charge in [0.1, 0.15) is 0 Å². The summed E-state index contributed by atoms with van der Waals surface area (Å²) < 4.78 is 0. The Hall–Kier alpha value is -2.82. The lowest BCUT2D eigenvalue weighted by molar-refractivity contribution is -0.119. The van der Waals surface area contributed by atoms with Crippen LogP contribution >= 0.6 is 0 Å². The Bertz CT molecular complexity index is 763. The first-order valence-corrected chi connectivity index (χ1v) is 8.00. The summed E-state index contributed by atoms with van der Waals surface area (Å²) in [7, 11) is 0. The first-order valence-electron chi connectivity index (χ1n) is 8.00. The predicted octanol–water partition coefficient (Wildman–Crippen LogP) is 3.24. The van der Waals surface area contributed by atoms with Gasteiger partial charge in [-0.3, -0.25) is 4.79 Å². The highest BCUT2D eigenvalue weighted by Crippen LogP contribution is 2.29. The molecule has 0 spiro atoms. The molecule has 2 N–H and O–H groups in total. The first-order chi connectivity index (χ1) is 11.5. The minimum atomic E-state index is -0.263. The van der Waals surface area contributed by atoms with Crippen LogP contribution in [0.2, 0.25) is 0 Å². The molecule has 1 saturated heterocycles. The van der Waals surface area contributed by atoms with Gasteiger partial charge in [0.25, 0.3) is 0 Å². The summed E-state index contributed by atoms with van der Waals surface area (Å²) >= 11 is 0. The molecule has 2 aromatic rings. The minimum absolute atomic E-state index is 0.147. The van der Waals surface area contributed by atoms with E-state index in [-0.39, 0.29) is 11.9 Å². The molecule has 1 aliphatic heterocycles. The quantitative estimate of drug-likeness (QED) is 0.882. The molecular formula is C19H21N3O2. The molecule has 0 atom stereocenters. The van der Waals surface area contributed by atoms with E-state index in [1.54, 1.807) is 4.90 Å². The zero-order valence-electron chi connectivity index (χ0n) is 14.0. The number of hydrogen-bond donors (Lipinski definition) is 1. The summed E-state index contributed by atoms with van der Waals surface area (Å²) in [6.07, 6.45) is 0.328. The molecule has 24 heavy (non-hydrogen) atoms. The molecule has 2 aromatic carbocycles. The van der Waals surface area contributed by atoms with Crippen molar-refractivity contribution in [1.29, 1.82) is 0 Å². The third-order valence-electron chi connectivity index (χ3n) is 4.32. The number of nitrogen functional groups attached to an aromatic ring is 1. The van der Waals surface area contributed by atoms with Crippen molar-refractivity contribution >= 4 is 23.3 Å². The molecule has 3 rings (SSSR count). The number of carbonyl (C=O) groups is 2. The van der Waals surface area contributed by atoms with E-state index in [4.69, 9.17) is 5.73 Å². The van der Waals surface area contributed by atoms with Gasteiger partial charge in [-0.15, -0.1) is 0 Å². The average molecular weight is 323 g/mol. The van der Waals surface area contributed by atoms with Gasteiger partial charge >= 0.3 is 6.03 Å². The zero-order chi connectivity index (χ0) is 17.3. The van der Waals surface area contributed by atoms with Crippen molar-refractivity contribution in [2.45, 2.75) is 26.8 Å². The summed E-state index contributed by atoms with van der Waals surface area (Å²) in [5.41, 5.74) is 9.94. The fourth-order valence-corrected chi connectivity index (χ4v) is 3.05. The average Bonchev–Trinajstić information content (AvgIpc) is 2.55. The van der Waals surface area contributed by atoms with Gasteiger partial charge in [0, 0.05) is 25.2 Å². The summed E-state index contributed by atoms with van der Waals surface area (Å²) in [5.74, 6) is -0.147. The Kier molecular flexibility index (Phi) is 4.25. The number of imide groups is 1. The Morgan fingerprint density at radius 3 is 2.25 bits per heavy atom. The van der Waals surface area contributed by atoms with Gasteiger partial charge in [-0.05, 0) is 42.7 Å². The molecule has 0 aromatic heterocycles. The molecule has 1 fully saturated rings. The molecule has 3 amide bonds. The van der Waals surface area contributed by atoms with E-state index in [9.17, 15) is 9.59 Å². The molecule has 124 valence electrons. The van der Waals surface area contributed by atoms with Crippen LogP contribution in [0.4, 0.5) is 16.2 Å². The number of aryl methyl sites for hydroxylation is 2. The zero-order valence-corrected chi connectivity index (χ0v) is 14.0. The Morgan fingerprint density at radius 2 is 1.62 bits per heavy atom. The SMILES string of the molecule is Cc1cccc(C)c1N1C(=O)CCN(Cc2ccc(N)cc2)C1=O. The number of anilines is 2. The normalized spacial score (nSPS) is 15.1. The van der Waals surface area contributed by atoms with Gasteiger partial charge in [0.2, 0.25) is 5.91 Å². The van der Waals surface area contributed by atoms with Crippen molar-refractivity contribution in [3.8, 4) is 0 Å². The summed E-state index contributed by atoms with van der Waals surface area (Å²) in [6.45, 7) is 4.74. The lowest BCUT2D eigenvalue weighted by atomic mass is 10.1.